The minimum Gasteiger partial charge on any atom is -0.356 e. The molecule has 4 N–H and O–H groups in total. The van der Waals surface area contributed by atoms with E-state index in [4.69, 9.17) is 5.14 Å². The van der Waals surface area contributed by atoms with Crippen LogP contribution >= 0.6 is 11.3 Å². The summed E-state index contributed by atoms with van der Waals surface area (Å²) in [6, 6.07) is 5.32. The van der Waals surface area contributed by atoms with Crippen molar-refractivity contribution in [1.82, 2.24) is 20.4 Å². The number of nitrogens with zero attached hydrogens (tertiary/aromatic N) is 3. The van der Waals surface area contributed by atoms with E-state index < -0.39 is 10.0 Å². The molecule has 2 heterocycles. The van der Waals surface area contributed by atoms with Gasteiger partial charge in [-0.2, -0.15) is 5.10 Å². The van der Waals surface area contributed by atoms with E-state index in [0.29, 0.717) is 12.5 Å². The zero-order valence-electron chi connectivity index (χ0n) is 14.6. The largest absolute Gasteiger partial charge is 0.356 e. The van der Waals surface area contributed by atoms with E-state index in [9.17, 15) is 8.42 Å². The highest BCUT2D eigenvalue weighted by atomic mass is 32.2. The van der Waals surface area contributed by atoms with Crippen LogP contribution in [0.4, 0.5) is 0 Å². The molecule has 0 aliphatic heterocycles. The van der Waals surface area contributed by atoms with Crippen molar-refractivity contribution in [2.45, 2.75) is 37.6 Å². The first-order chi connectivity index (χ1) is 11.8. The molecule has 0 bridgehead atoms. The molecule has 0 amide bonds. The Morgan fingerprint density at radius 2 is 2.12 bits per heavy atom. The van der Waals surface area contributed by atoms with E-state index in [1.807, 2.05) is 18.5 Å². The topological polar surface area (TPSA) is 114 Å². The molecule has 2 aromatic heterocycles. The molecule has 0 aliphatic carbocycles. The van der Waals surface area contributed by atoms with Gasteiger partial charge >= 0.3 is 0 Å². The molecule has 8 nitrogen and oxygen atoms in total. The van der Waals surface area contributed by atoms with Gasteiger partial charge in [-0.3, -0.25) is 9.67 Å². The van der Waals surface area contributed by atoms with Crippen molar-refractivity contribution in [1.29, 1.82) is 0 Å². The SMILES string of the molecule is CN=C(NCCCn1nc(C)cc1C)NCc1ccc(S(N)(=O)=O)s1. The summed E-state index contributed by atoms with van der Waals surface area (Å²) in [7, 11) is -1.94. The summed E-state index contributed by atoms with van der Waals surface area (Å²) >= 11 is 1.15. The summed E-state index contributed by atoms with van der Waals surface area (Å²) in [5.74, 6) is 0.666. The molecule has 0 radical (unpaired) electrons. The van der Waals surface area contributed by atoms with Crippen LogP contribution in [0.3, 0.4) is 0 Å². The Bertz CT molecular complexity index is 838. The lowest BCUT2D eigenvalue weighted by Crippen LogP contribution is -2.37. The van der Waals surface area contributed by atoms with E-state index in [0.717, 1.165) is 47.1 Å². The van der Waals surface area contributed by atoms with Gasteiger partial charge in [-0.25, -0.2) is 13.6 Å². The van der Waals surface area contributed by atoms with Gasteiger partial charge < -0.3 is 10.6 Å². The molecule has 0 aliphatic rings. The lowest BCUT2D eigenvalue weighted by molar-refractivity contribution is 0.555. The Morgan fingerprint density at radius 3 is 2.68 bits per heavy atom. The van der Waals surface area contributed by atoms with Crippen LogP contribution < -0.4 is 15.8 Å². The molecule has 0 saturated heterocycles. The maximum absolute atomic E-state index is 11.3. The highest BCUT2D eigenvalue weighted by Crippen LogP contribution is 2.19. The summed E-state index contributed by atoms with van der Waals surface area (Å²) < 4.78 is 24.7. The molecule has 2 aromatic rings. The van der Waals surface area contributed by atoms with Crippen molar-refractivity contribution in [2.75, 3.05) is 13.6 Å². The fourth-order valence-electron chi connectivity index (χ4n) is 2.33. The minimum absolute atomic E-state index is 0.164. The summed E-state index contributed by atoms with van der Waals surface area (Å²) in [5.41, 5.74) is 2.18. The molecule has 10 heteroatoms. The smallest absolute Gasteiger partial charge is 0.247 e. The average Bonchev–Trinajstić information content (AvgIpc) is 3.13. The molecule has 0 atom stereocenters. The minimum atomic E-state index is -3.64. The van der Waals surface area contributed by atoms with Gasteiger partial charge in [-0.15, -0.1) is 11.3 Å². The summed E-state index contributed by atoms with van der Waals surface area (Å²) in [5, 5.41) is 15.9. The zero-order valence-corrected chi connectivity index (χ0v) is 16.2. The van der Waals surface area contributed by atoms with Crippen LogP contribution in [-0.2, 0) is 23.1 Å². The number of guanidine groups is 1. The molecular weight excluding hydrogens is 360 g/mol. The maximum Gasteiger partial charge on any atom is 0.247 e. The Kier molecular flexibility index (Phi) is 6.57. The first-order valence-electron chi connectivity index (χ1n) is 7.86. The van der Waals surface area contributed by atoms with Crippen molar-refractivity contribution in [3.8, 4) is 0 Å². The van der Waals surface area contributed by atoms with Gasteiger partial charge in [0, 0.05) is 30.7 Å². The van der Waals surface area contributed by atoms with Crippen LogP contribution in [0.2, 0.25) is 0 Å². The average molecular weight is 385 g/mol. The Morgan fingerprint density at radius 1 is 1.36 bits per heavy atom. The number of nitrogens with one attached hydrogen (secondary N) is 2. The number of primary sulfonamides is 1. The molecule has 0 unspecified atom stereocenters. The number of nitrogens with two attached hydrogens (primary N) is 1. The lowest BCUT2D eigenvalue weighted by Gasteiger charge is -2.11. The fourth-order valence-corrected chi connectivity index (χ4v) is 4.05. The van der Waals surface area contributed by atoms with E-state index in [1.165, 1.54) is 6.07 Å². The van der Waals surface area contributed by atoms with Gasteiger partial charge in [-0.1, -0.05) is 0 Å². The van der Waals surface area contributed by atoms with Crippen molar-refractivity contribution < 1.29 is 8.42 Å². The van der Waals surface area contributed by atoms with E-state index in [2.05, 4.69) is 26.8 Å². The van der Waals surface area contributed by atoms with Crippen molar-refractivity contribution in [3.63, 3.8) is 0 Å². The third-order valence-corrected chi connectivity index (χ3v) is 6.04. The number of hydrogen-bond acceptors (Lipinski definition) is 5. The number of hydrogen-bond donors (Lipinski definition) is 3. The van der Waals surface area contributed by atoms with Gasteiger partial charge in [-0.05, 0) is 38.5 Å². The third-order valence-electron chi connectivity index (χ3n) is 3.51. The maximum atomic E-state index is 11.3. The van der Waals surface area contributed by atoms with Gasteiger partial charge in [0.05, 0.1) is 12.2 Å². The predicted molar refractivity (Wildman–Crippen MR) is 100 cm³/mol. The summed E-state index contributed by atoms with van der Waals surface area (Å²) in [6.45, 7) is 6.11. The van der Waals surface area contributed by atoms with E-state index in [-0.39, 0.29) is 4.21 Å². The lowest BCUT2D eigenvalue weighted by atomic mass is 10.4. The van der Waals surface area contributed by atoms with Gasteiger partial charge in [0.25, 0.3) is 0 Å². The number of aromatic nitrogens is 2. The Hall–Kier alpha value is -1.91. The fraction of sp³-hybridized carbons (Fsp3) is 0.467. The summed E-state index contributed by atoms with van der Waals surface area (Å²) in [4.78, 5) is 5.03. The second-order valence-electron chi connectivity index (χ2n) is 5.62. The third kappa shape index (κ3) is 5.83. The van der Waals surface area contributed by atoms with Crippen LogP contribution in [0.1, 0.15) is 22.7 Å². The molecule has 0 spiro atoms. The van der Waals surface area contributed by atoms with Crippen LogP contribution in [0.15, 0.2) is 27.4 Å². The highest BCUT2D eigenvalue weighted by Gasteiger charge is 2.11. The van der Waals surface area contributed by atoms with Crippen LogP contribution in [0.5, 0.6) is 0 Å². The zero-order chi connectivity index (χ0) is 18.4. The summed E-state index contributed by atoms with van der Waals surface area (Å²) in [6.07, 6.45) is 0.914. The number of thiophene rings is 1. The first-order valence-corrected chi connectivity index (χ1v) is 10.2. The number of aliphatic imine (C=N–C) groups is 1. The number of rotatable bonds is 7. The number of aryl methyl sites for hydroxylation is 3. The number of sulfonamides is 1. The molecule has 25 heavy (non-hydrogen) atoms. The molecule has 0 aromatic carbocycles. The standard InChI is InChI=1S/C15H24N6O2S2/c1-11-9-12(2)21(20-11)8-4-7-18-15(17-3)19-10-13-5-6-14(24-13)25(16,22)23/h5-6,9H,4,7-8,10H2,1-3H3,(H2,16,22,23)(H2,17,18,19). The van der Waals surface area contributed by atoms with Gasteiger partial charge in [0.1, 0.15) is 4.21 Å². The molecule has 0 saturated carbocycles. The predicted octanol–water partition coefficient (Wildman–Crippen LogP) is 0.964. The molecule has 138 valence electrons. The second kappa shape index (κ2) is 8.45. The van der Waals surface area contributed by atoms with Crippen LogP contribution in [0, 0.1) is 13.8 Å². The van der Waals surface area contributed by atoms with E-state index in [1.54, 1.807) is 13.1 Å². The molecule has 2 rings (SSSR count). The second-order valence-corrected chi connectivity index (χ2v) is 8.58. The highest BCUT2D eigenvalue weighted by molar-refractivity contribution is 7.91. The van der Waals surface area contributed by atoms with Crippen molar-refractivity contribution >= 4 is 27.3 Å². The molecular formula is C15H24N6O2S2. The normalized spacial score (nSPS) is 12.4. The molecule has 0 fully saturated rings. The monoisotopic (exact) mass is 384 g/mol. The van der Waals surface area contributed by atoms with Crippen LogP contribution in [-0.4, -0.2) is 37.8 Å². The first kappa shape index (κ1) is 19.4. The quantitative estimate of drug-likeness (QED) is 0.374. The van der Waals surface area contributed by atoms with Crippen LogP contribution in [0.25, 0.3) is 0 Å². The van der Waals surface area contributed by atoms with Crippen molar-refractivity contribution in [3.05, 3.63) is 34.5 Å². The Balaban J connectivity index is 1.75. The van der Waals surface area contributed by atoms with Gasteiger partial charge in [0.2, 0.25) is 10.0 Å². The Labute approximate surface area is 152 Å². The van der Waals surface area contributed by atoms with E-state index >= 15 is 0 Å². The van der Waals surface area contributed by atoms with Crippen molar-refractivity contribution in [2.24, 2.45) is 10.1 Å². The van der Waals surface area contributed by atoms with Gasteiger partial charge in [0.15, 0.2) is 5.96 Å².